The number of benzene rings is 1. The molecule has 9 nitrogen and oxygen atoms in total. The second-order valence-corrected chi connectivity index (χ2v) is 7.03. The molecule has 0 spiro atoms. The van der Waals surface area contributed by atoms with Crippen molar-refractivity contribution < 1.29 is 22.1 Å². The van der Waals surface area contributed by atoms with Gasteiger partial charge in [-0.05, 0) is 30.3 Å². The molecule has 0 aliphatic carbocycles. The monoisotopic (exact) mass is 478 g/mol. The molecule has 0 saturated carbocycles. The van der Waals surface area contributed by atoms with Crippen LogP contribution in [0.5, 0.6) is 0 Å². The van der Waals surface area contributed by atoms with Crippen LogP contribution >= 0.6 is 0 Å². The Balaban J connectivity index is 1.86. The fourth-order valence-electron chi connectivity index (χ4n) is 2.91. The first-order chi connectivity index (χ1) is 16.1. The number of halogens is 4. The first-order valence-electron chi connectivity index (χ1n) is 9.94. The lowest BCUT2D eigenvalue weighted by Crippen LogP contribution is -2.29. The number of hydrogen-bond donors (Lipinski definition) is 3. The van der Waals surface area contributed by atoms with Gasteiger partial charge < -0.3 is 20.9 Å². The van der Waals surface area contributed by atoms with Crippen molar-refractivity contribution in [1.82, 2.24) is 20.1 Å². The zero-order valence-corrected chi connectivity index (χ0v) is 18.3. The van der Waals surface area contributed by atoms with Gasteiger partial charge in [-0.1, -0.05) is 11.7 Å². The number of anilines is 2. The summed E-state index contributed by atoms with van der Waals surface area (Å²) in [6.07, 6.45) is -2.97. The van der Waals surface area contributed by atoms with Crippen molar-refractivity contribution in [2.24, 2.45) is 10.8 Å². The van der Waals surface area contributed by atoms with E-state index in [1.54, 1.807) is 32.3 Å². The number of pyridine rings is 1. The Morgan fingerprint density at radius 1 is 1.26 bits per heavy atom. The number of nitrogens with zero attached hydrogens (tertiary/aromatic N) is 5. The van der Waals surface area contributed by atoms with Gasteiger partial charge in [-0.2, -0.15) is 18.2 Å². The summed E-state index contributed by atoms with van der Waals surface area (Å²) in [5, 5.41) is 15.0. The van der Waals surface area contributed by atoms with Crippen LogP contribution in [-0.2, 0) is 12.6 Å². The van der Waals surface area contributed by atoms with Gasteiger partial charge in [0, 0.05) is 44.4 Å². The Kier molecular flexibility index (Phi) is 7.34. The zero-order valence-electron chi connectivity index (χ0n) is 18.3. The van der Waals surface area contributed by atoms with Gasteiger partial charge in [-0.15, -0.1) is 5.10 Å². The summed E-state index contributed by atoms with van der Waals surface area (Å²) in [7, 11) is 1.71. The van der Waals surface area contributed by atoms with Crippen LogP contribution in [0.2, 0.25) is 0 Å². The van der Waals surface area contributed by atoms with Crippen LogP contribution in [0, 0.1) is 12.7 Å². The summed E-state index contributed by atoms with van der Waals surface area (Å²) in [5.74, 6) is -0.218. The van der Waals surface area contributed by atoms with Gasteiger partial charge in [0.15, 0.2) is 5.82 Å². The molecule has 0 unspecified atom stereocenters. The SMILES string of the molecule is C=C(c1ccnc(NC)c1)N(CCc1noc(C)n1)/N=C(\N)Nc1ccc(F)c(C(F)(F)F)c1. The maximum Gasteiger partial charge on any atom is 0.419 e. The minimum atomic E-state index is -4.86. The van der Waals surface area contributed by atoms with Crippen molar-refractivity contribution in [1.29, 1.82) is 0 Å². The smallest absolute Gasteiger partial charge is 0.373 e. The lowest BCUT2D eigenvalue weighted by Gasteiger charge is -2.22. The van der Waals surface area contributed by atoms with Crippen LogP contribution in [0.15, 0.2) is 52.7 Å². The molecule has 3 rings (SSSR count). The van der Waals surface area contributed by atoms with Crippen LogP contribution in [0.4, 0.5) is 29.1 Å². The molecule has 2 heterocycles. The molecule has 34 heavy (non-hydrogen) atoms. The number of nitrogens with one attached hydrogen (secondary N) is 2. The van der Waals surface area contributed by atoms with E-state index in [2.05, 4.69) is 37.4 Å². The lowest BCUT2D eigenvalue weighted by molar-refractivity contribution is -0.139. The minimum absolute atomic E-state index is 0.0873. The minimum Gasteiger partial charge on any atom is -0.373 e. The van der Waals surface area contributed by atoms with Crippen LogP contribution in [0.25, 0.3) is 5.70 Å². The van der Waals surface area contributed by atoms with Crippen molar-refractivity contribution in [3.63, 3.8) is 0 Å². The molecule has 4 N–H and O–H groups in total. The van der Waals surface area contributed by atoms with E-state index >= 15 is 0 Å². The van der Waals surface area contributed by atoms with Crippen molar-refractivity contribution in [2.75, 3.05) is 24.2 Å². The maximum absolute atomic E-state index is 13.6. The number of hydrazone groups is 1. The molecule has 0 fully saturated rings. The summed E-state index contributed by atoms with van der Waals surface area (Å²) in [4.78, 5) is 8.29. The van der Waals surface area contributed by atoms with E-state index in [4.69, 9.17) is 10.3 Å². The standard InChI is InChI=1S/C21H22F4N8O/c1-12(14-6-8-28-19(10-14)27-3)33(9-7-18-29-13(2)34-32-18)31-20(26)30-15-4-5-17(22)16(11-15)21(23,24)25/h4-6,8,10-11H,1,7,9H2,2-3H3,(H,27,28)(H3,26,30,31). The third-order valence-electron chi connectivity index (χ3n) is 4.55. The molecule has 1 aromatic carbocycles. The Morgan fingerprint density at radius 2 is 2.03 bits per heavy atom. The Bertz CT molecular complexity index is 1190. The summed E-state index contributed by atoms with van der Waals surface area (Å²) in [6.45, 7) is 5.92. The van der Waals surface area contributed by atoms with Crippen LogP contribution in [-0.4, -0.2) is 39.7 Å². The van der Waals surface area contributed by atoms with Crippen LogP contribution < -0.4 is 16.4 Å². The molecule has 0 radical (unpaired) electrons. The van der Waals surface area contributed by atoms with Gasteiger partial charge in [0.1, 0.15) is 11.6 Å². The third-order valence-corrected chi connectivity index (χ3v) is 4.55. The van der Waals surface area contributed by atoms with E-state index in [9.17, 15) is 17.6 Å². The fraction of sp³-hybridized carbons (Fsp3) is 0.238. The van der Waals surface area contributed by atoms with Crippen molar-refractivity contribution in [2.45, 2.75) is 19.5 Å². The molecule has 0 aliphatic heterocycles. The van der Waals surface area contributed by atoms with Gasteiger partial charge in [0.05, 0.1) is 11.3 Å². The maximum atomic E-state index is 13.6. The molecule has 0 aliphatic rings. The first-order valence-corrected chi connectivity index (χ1v) is 9.94. The highest BCUT2D eigenvalue weighted by Crippen LogP contribution is 2.33. The molecule has 2 aromatic heterocycles. The molecule has 13 heteroatoms. The summed E-state index contributed by atoms with van der Waals surface area (Å²) < 4.78 is 57.6. The molecular formula is C21H22F4N8O. The molecule has 3 aromatic rings. The van der Waals surface area contributed by atoms with E-state index in [1.165, 1.54) is 5.01 Å². The van der Waals surface area contributed by atoms with E-state index in [0.717, 1.165) is 6.07 Å². The van der Waals surface area contributed by atoms with Gasteiger partial charge in [-0.3, -0.25) is 5.01 Å². The summed E-state index contributed by atoms with van der Waals surface area (Å²) in [6, 6.07) is 5.88. The van der Waals surface area contributed by atoms with Gasteiger partial charge >= 0.3 is 6.18 Å². The predicted molar refractivity (Wildman–Crippen MR) is 119 cm³/mol. The molecule has 0 amide bonds. The quantitative estimate of drug-likeness (QED) is 0.194. The normalized spacial score (nSPS) is 11.9. The van der Waals surface area contributed by atoms with Crippen molar-refractivity contribution in [3.05, 3.63) is 71.8 Å². The number of aromatic nitrogens is 3. The number of alkyl halides is 3. The predicted octanol–water partition coefficient (Wildman–Crippen LogP) is 3.83. The molecule has 180 valence electrons. The Morgan fingerprint density at radius 3 is 2.68 bits per heavy atom. The summed E-state index contributed by atoms with van der Waals surface area (Å²) >= 11 is 0. The highest BCUT2D eigenvalue weighted by molar-refractivity contribution is 5.92. The number of rotatable bonds is 8. The molecule has 0 bridgehead atoms. The van der Waals surface area contributed by atoms with E-state index in [1.807, 2.05) is 0 Å². The topological polar surface area (TPSA) is 117 Å². The van der Waals surface area contributed by atoms with Gasteiger partial charge in [0.2, 0.25) is 11.9 Å². The third kappa shape index (κ3) is 6.21. The van der Waals surface area contributed by atoms with Gasteiger partial charge in [0.25, 0.3) is 0 Å². The lowest BCUT2D eigenvalue weighted by atomic mass is 10.2. The van der Waals surface area contributed by atoms with Crippen molar-refractivity contribution in [3.8, 4) is 0 Å². The Hall–Kier alpha value is -4.16. The van der Waals surface area contributed by atoms with Crippen molar-refractivity contribution >= 4 is 23.2 Å². The fourth-order valence-corrected chi connectivity index (χ4v) is 2.91. The average Bonchev–Trinajstić information content (AvgIpc) is 3.21. The number of guanidine groups is 1. The van der Waals surface area contributed by atoms with Crippen LogP contribution in [0.3, 0.4) is 0 Å². The van der Waals surface area contributed by atoms with Gasteiger partial charge in [-0.25, -0.2) is 9.37 Å². The Labute approximate surface area is 192 Å². The molecule has 0 saturated heterocycles. The molecular weight excluding hydrogens is 456 g/mol. The van der Waals surface area contributed by atoms with E-state index in [-0.39, 0.29) is 18.2 Å². The highest BCUT2D eigenvalue weighted by atomic mass is 19.4. The number of nitrogens with two attached hydrogens (primary N) is 1. The van der Waals surface area contributed by atoms with E-state index < -0.39 is 17.6 Å². The van der Waals surface area contributed by atoms with E-state index in [0.29, 0.717) is 47.3 Å². The number of hydrogen-bond acceptors (Lipinski definition) is 7. The molecule has 0 atom stereocenters. The average molecular weight is 478 g/mol. The second kappa shape index (κ2) is 10.2. The zero-order chi connectivity index (χ0) is 24.9. The highest BCUT2D eigenvalue weighted by Gasteiger charge is 2.34. The summed E-state index contributed by atoms with van der Waals surface area (Å²) in [5.41, 5.74) is 5.54. The second-order valence-electron chi connectivity index (χ2n) is 7.03. The number of aryl methyl sites for hydroxylation is 1. The van der Waals surface area contributed by atoms with Crippen LogP contribution in [0.1, 0.15) is 22.8 Å². The largest absolute Gasteiger partial charge is 0.419 e. The first kappa shape index (κ1) is 24.5.